The number of hydroxylamine groups is 3. The van der Waals surface area contributed by atoms with Gasteiger partial charge in [0.15, 0.2) is 0 Å². The lowest BCUT2D eigenvalue weighted by molar-refractivity contribution is -1.10. The van der Waals surface area contributed by atoms with E-state index in [1.165, 1.54) is 180 Å². The molecule has 0 saturated heterocycles. The first-order valence-corrected chi connectivity index (χ1v) is 19.7. The Bertz CT molecular complexity index is 583. The second-order valence-corrected chi connectivity index (χ2v) is 13.8. The molecule has 0 heterocycles. The van der Waals surface area contributed by atoms with Crippen molar-refractivity contribution < 1.29 is 27.0 Å². The van der Waals surface area contributed by atoms with Crippen LogP contribution in [0.4, 0.5) is 0 Å². The van der Waals surface area contributed by atoms with E-state index in [4.69, 9.17) is 0 Å². The van der Waals surface area contributed by atoms with Gasteiger partial charge < -0.3 is 4.55 Å². The Morgan fingerprint density at radius 2 is 0.667 bits per heavy atom. The van der Waals surface area contributed by atoms with E-state index in [0.29, 0.717) is 4.65 Å². The topological polar surface area (TPSA) is 86.7 Å². The molecule has 256 valence electrons. The molecule has 0 unspecified atom stereocenters. The van der Waals surface area contributed by atoms with Crippen molar-refractivity contribution in [3.8, 4) is 0 Å². The fraction of sp³-hybridized carbons (Fsp3) is 1.00. The first kappa shape index (κ1) is 43.9. The van der Waals surface area contributed by atoms with Gasteiger partial charge in [-0.15, -0.1) is 0 Å². The van der Waals surface area contributed by atoms with Gasteiger partial charge in [0.2, 0.25) is 10.4 Å². The van der Waals surface area contributed by atoms with E-state index in [1.54, 1.807) is 0 Å². The fourth-order valence-corrected chi connectivity index (χ4v) is 5.63. The summed E-state index contributed by atoms with van der Waals surface area (Å²) in [5.41, 5.74) is 0. The third-order valence-corrected chi connectivity index (χ3v) is 9.06. The van der Waals surface area contributed by atoms with Gasteiger partial charge >= 0.3 is 0 Å². The Kier molecular flexibility index (Phi) is 35.2. The van der Waals surface area contributed by atoms with Gasteiger partial charge in [-0.25, -0.2) is 13.6 Å². The SMILES string of the molecule is CCCCCCCCCCCCCCCC[N+](O)(CC)CCCCCCCCCCCCCCCC.COS(=O)(=O)[O-]. The summed E-state index contributed by atoms with van der Waals surface area (Å²) in [6, 6.07) is 0. The number of hydrogen-bond donors (Lipinski definition) is 1. The summed E-state index contributed by atoms with van der Waals surface area (Å²) < 4.78 is 31.3. The molecule has 0 rings (SSSR count). The molecule has 0 aromatic rings. The van der Waals surface area contributed by atoms with E-state index in [2.05, 4.69) is 25.0 Å². The Balaban J connectivity index is 0. The average Bonchev–Trinajstić information content (AvgIpc) is 2.97. The first-order valence-electron chi connectivity index (χ1n) is 18.3. The molecule has 0 spiro atoms. The maximum Gasteiger partial charge on any atom is 0.217 e. The smallest absolute Gasteiger partial charge is 0.217 e. The molecule has 0 aliphatic heterocycles. The normalized spacial score (nSPS) is 12.0. The van der Waals surface area contributed by atoms with Crippen LogP contribution in [0.3, 0.4) is 0 Å². The van der Waals surface area contributed by atoms with Crippen molar-refractivity contribution in [3.63, 3.8) is 0 Å². The zero-order chi connectivity index (χ0) is 31.6. The maximum absolute atomic E-state index is 10.9. The number of hydrogen-bond acceptors (Lipinski definition) is 5. The second-order valence-electron chi connectivity index (χ2n) is 12.6. The lowest BCUT2D eigenvalue weighted by Crippen LogP contribution is -2.46. The van der Waals surface area contributed by atoms with E-state index in [-0.39, 0.29) is 0 Å². The molecule has 1 N–H and O–H groups in total. The van der Waals surface area contributed by atoms with Gasteiger partial charge in [-0.3, -0.25) is 4.18 Å². The highest BCUT2D eigenvalue weighted by Crippen LogP contribution is 2.16. The highest BCUT2D eigenvalue weighted by atomic mass is 32.3. The summed E-state index contributed by atoms with van der Waals surface area (Å²) in [7, 11) is -3.60. The molecule has 42 heavy (non-hydrogen) atoms. The molecule has 7 heteroatoms. The standard InChI is InChI=1S/C34H72NO.CH4O4S/c1-4-7-9-11-13-15-17-19-21-23-25-27-29-31-33-35(36,6-3)34-32-30-28-26-24-22-20-18-16-14-12-10-8-5-2;1-5-6(2,3)4/h36H,4-34H2,1-3H3;1H3,(H,2,3,4)/q+1;/p-1. The third kappa shape index (κ3) is 37.8. The van der Waals surface area contributed by atoms with Crippen molar-refractivity contribution in [1.82, 2.24) is 0 Å². The van der Waals surface area contributed by atoms with Gasteiger partial charge in [0.25, 0.3) is 0 Å². The molecule has 0 aromatic heterocycles. The van der Waals surface area contributed by atoms with Crippen LogP contribution in [0.1, 0.15) is 201 Å². The molecule has 0 bridgehead atoms. The van der Waals surface area contributed by atoms with Crippen LogP contribution in [0.5, 0.6) is 0 Å². The quantitative estimate of drug-likeness (QED) is 0.0265. The number of unbranched alkanes of at least 4 members (excludes halogenated alkanes) is 26. The molecule has 0 aliphatic carbocycles. The highest BCUT2D eigenvalue weighted by molar-refractivity contribution is 7.80. The zero-order valence-electron chi connectivity index (χ0n) is 28.9. The van der Waals surface area contributed by atoms with Crippen molar-refractivity contribution in [2.45, 2.75) is 201 Å². The molecular weight excluding hydrogens is 546 g/mol. The molecule has 0 aliphatic rings. The summed E-state index contributed by atoms with van der Waals surface area (Å²) in [5, 5.41) is 10.9. The molecule has 0 amide bonds. The molecule has 0 saturated carbocycles. The molecule has 0 aromatic carbocycles. The van der Waals surface area contributed by atoms with Gasteiger partial charge in [0, 0.05) is 0 Å². The van der Waals surface area contributed by atoms with Crippen LogP contribution in [0.25, 0.3) is 0 Å². The zero-order valence-corrected chi connectivity index (χ0v) is 29.7. The average molecular weight is 622 g/mol. The molecule has 0 radical (unpaired) electrons. The van der Waals surface area contributed by atoms with Crippen LogP contribution in [0.15, 0.2) is 0 Å². The number of nitrogens with zero attached hydrogens (tertiary/aromatic N) is 1. The van der Waals surface area contributed by atoms with E-state index < -0.39 is 10.4 Å². The van der Waals surface area contributed by atoms with Crippen molar-refractivity contribution in [3.05, 3.63) is 0 Å². The van der Waals surface area contributed by atoms with Gasteiger partial charge in [0.05, 0.1) is 7.11 Å². The van der Waals surface area contributed by atoms with Crippen molar-refractivity contribution in [2.24, 2.45) is 0 Å². The lowest BCUT2D eigenvalue weighted by Gasteiger charge is -2.29. The van der Waals surface area contributed by atoms with Crippen LogP contribution in [-0.4, -0.2) is 49.6 Å². The number of rotatable bonds is 32. The summed E-state index contributed by atoms with van der Waals surface area (Å²) in [6.45, 7) is 9.56. The highest BCUT2D eigenvalue weighted by Gasteiger charge is 2.21. The monoisotopic (exact) mass is 622 g/mol. The maximum atomic E-state index is 10.9. The fourth-order valence-electron chi connectivity index (χ4n) is 5.63. The van der Waals surface area contributed by atoms with E-state index in [9.17, 15) is 18.2 Å². The Morgan fingerprint density at radius 3 is 0.833 bits per heavy atom. The van der Waals surface area contributed by atoms with Gasteiger partial charge in [-0.2, -0.15) is 4.65 Å². The molecule has 0 fully saturated rings. The minimum atomic E-state index is -4.41. The van der Waals surface area contributed by atoms with E-state index in [1.807, 2.05) is 0 Å². The van der Waals surface area contributed by atoms with Gasteiger partial charge in [-0.1, -0.05) is 168 Å². The van der Waals surface area contributed by atoms with Crippen molar-refractivity contribution in [2.75, 3.05) is 26.7 Å². The molecule has 6 nitrogen and oxygen atoms in total. The van der Waals surface area contributed by atoms with Crippen LogP contribution < -0.4 is 0 Å². The van der Waals surface area contributed by atoms with E-state index in [0.717, 1.165) is 26.7 Å². The lowest BCUT2D eigenvalue weighted by atomic mass is 10.0. The minimum absolute atomic E-state index is 0.316. The van der Waals surface area contributed by atoms with Crippen molar-refractivity contribution >= 4 is 10.4 Å². The predicted molar refractivity (Wildman–Crippen MR) is 180 cm³/mol. The van der Waals surface area contributed by atoms with Crippen LogP contribution in [0, 0.1) is 0 Å². The summed E-state index contributed by atoms with van der Waals surface area (Å²) in [4.78, 5) is 0. The molecule has 0 atom stereocenters. The van der Waals surface area contributed by atoms with Crippen molar-refractivity contribution in [1.29, 1.82) is 0 Å². The minimum Gasteiger partial charge on any atom is -0.726 e. The number of quaternary nitrogens is 1. The Hall–Kier alpha value is -0.210. The second kappa shape index (κ2) is 33.7. The van der Waals surface area contributed by atoms with Gasteiger partial charge in [0.1, 0.15) is 19.6 Å². The molecular formula is C35H75NO5S. The van der Waals surface area contributed by atoms with E-state index >= 15 is 0 Å². The van der Waals surface area contributed by atoms with Gasteiger partial charge in [-0.05, 0) is 32.6 Å². The summed E-state index contributed by atoms with van der Waals surface area (Å²) in [6.07, 6.45) is 39.2. The Labute approximate surface area is 264 Å². The van der Waals surface area contributed by atoms with Crippen LogP contribution in [-0.2, 0) is 14.6 Å². The largest absolute Gasteiger partial charge is 0.726 e. The van der Waals surface area contributed by atoms with Crippen LogP contribution >= 0.6 is 0 Å². The first-order chi connectivity index (χ1) is 20.2. The third-order valence-electron chi connectivity index (χ3n) is 8.65. The summed E-state index contributed by atoms with van der Waals surface area (Å²) >= 11 is 0. The Morgan fingerprint density at radius 1 is 0.476 bits per heavy atom. The predicted octanol–water partition coefficient (Wildman–Crippen LogP) is 11.3. The summed E-state index contributed by atoms with van der Waals surface area (Å²) in [5.74, 6) is 0. The van der Waals surface area contributed by atoms with Crippen LogP contribution in [0.2, 0.25) is 0 Å².